The molecule has 0 radical (unpaired) electrons. The van der Waals surface area contributed by atoms with Gasteiger partial charge in [0.2, 0.25) is 0 Å². The van der Waals surface area contributed by atoms with Crippen LogP contribution in [-0.4, -0.2) is 55.7 Å². The van der Waals surface area contributed by atoms with Crippen molar-refractivity contribution in [2.24, 2.45) is 0 Å². The van der Waals surface area contributed by atoms with Gasteiger partial charge in [0.1, 0.15) is 12.4 Å². The number of ether oxygens (including phenoxy) is 2. The quantitative estimate of drug-likeness (QED) is 0.636. The maximum absolute atomic E-state index is 13.3. The Morgan fingerprint density at radius 1 is 1.22 bits per heavy atom. The Kier molecular flexibility index (Phi) is 7.12. The average molecular weight is 458 g/mol. The Balaban J connectivity index is 1.66. The number of amides is 2. The number of carbonyl (C=O) groups excluding carboxylic acids is 2. The van der Waals surface area contributed by atoms with Crippen LogP contribution in [0.2, 0.25) is 0 Å². The zero-order valence-electron chi connectivity index (χ0n) is 17.9. The van der Waals surface area contributed by atoms with Crippen LogP contribution in [0.5, 0.6) is 0 Å². The number of hydrogen-bond acceptors (Lipinski definition) is 4. The lowest BCUT2D eigenvalue weighted by Gasteiger charge is -2.39. The number of benzene rings is 1. The van der Waals surface area contributed by atoms with E-state index in [-0.39, 0.29) is 29.8 Å². The van der Waals surface area contributed by atoms with Crippen LogP contribution < -0.4 is 5.32 Å². The molecule has 10 heteroatoms. The lowest BCUT2D eigenvalue weighted by molar-refractivity contribution is -0.157. The van der Waals surface area contributed by atoms with Crippen LogP contribution in [0.3, 0.4) is 0 Å². The Morgan fingerprint density at radius 2 is 1.84 bits per heavy atom. The van der Waals surface area contributed by atoms with Gasteiger partial charge in [-0.1, -0.05) is 12.1 Å². The van der Waals surface area contributed by atoms with E-state index in [1.807, 2.05) is 0 Å². The maximum atomic E-state index is 13.3. The van der Waals surface area contributed by atoms with Crippen LogP contribution >= 0.6 is 0 Å². The highest BCUT2D eigenvalue weighted by Crippen LogP contribution is 2.40. The van der Waals surface area contributed by atoms with Gasteiger partial charge in [0.05, 0.1) is 24.3 Å². The summed E-state index contributed by atoms with van der Waals surface area (Å²) < 4.78 is 62.6. The molecule has 1 aliphatic carbocycles. The highest BCUT2D eigenvalue weighted by atomic mass is 19.4. The van der Waals surface area contributed by atoms with Gasteiger partial charge in [-0.25, -0.2) is 4.39 Å². The second-order valence-electron chi connectivity index (χ2n) is 7.97. The molecule has 1 aliphatic heterocycles. The highest BCUT2D eigenvalue weighted by molar-refractivity contribution is 6.07. The molecule has 1 saturated carbocycles. The summed E-state index contributed by atoms with van der Waals surface area (Å²) >= 11 is 0. The first kappa shape index (κ1) is 24.0. The SMILES string of the molecule is CCOC1=C(C(=O)N[C@H]2CC[C@](OC)(c3ccc(F)cc3)CC2)CN(CC(F)(F)F)C1=O. The summed E-state index contributed by atoms with van der Waals surface area (Å²) in [6.07, 6.45) is -2.35. The van der Waals surface area contributed by atoms with Crippen molar-refractivity contribution < 1.29 is 36.6 Å². The number of methoxy groups -OCH3 is 1. The summed E-state index contributed by atoms with van der Waals surface area (Å²) in [4.78, 5) is 25.7. The second-order valence-corrected chi connectivity index (χ2v) is 7.97. The molecule has 1 aromatic carbocycles. The van der Waals surface area contributed by atoms with E-state index in [0.717, 1.165) is 5.56 Å². The van der Waals surface area contributed by atoms with Crippen molar-refractivity contribution >= 4 is 11.8 Å². The van der Waals surface area contributed by atoms with E-state index >= 15 is 0 Å². The average Bonchev–Trinajstić information content (AvgIpc) is 3.04. The van der Waals surface area contributed by atoms with Crippen LogP contribution in [0.25, 0.3) is 0 Å². The van der Waals surface area contributed by atoms with Gasteiger partial charge in [0.25, 0.3) is 11.8 Å². The summed E-state index contributed by atoms with van der Waals surface area (Å²) in [7, 11) is 1.58. The molecular formula is C22H26F4N2O4. The number of hydrogen-bond donors (Lipinski definition) is 1. The highest BCUT2D eigenvalue weighted by Gasteiger charge is 2.43. The Morgan fingerprint density at radius 3 is 2.38 bits per heavy atom. The summed E-state index contributed by atoms with van der Waals surface area (Å²) in [6, 6.07) is 5.85. The van der Waals surface area contributed by atoms with Gasteiger partial charge < -0.3 is 19.7 Å². The molecule has 3 rings (SSSR count). The molecular weight excluding hydrogens is 432 g/mol. The smallest absolute Gasteiger partial charge is 0.406 e. The monoisotopic (exact) mass is 458 g/mol. The van der Waals surface area contributed by atoms with Gasteiger partial charge in [-0.15, -0.1) is 0 Å². The molecule has 0 saturated heterocycles. The van der Waals surface area contributed by atoms with Crippen molar-refractivity contribution in [3.05, 3.63) is 47.0 Å². The van der Waals surface area contributed by atoms with E-state index in [1.165, 1.54) is 12.1 Å². The normalized spacial score (nSPS) is 24.1. The number of alkyl halides is 3. The Hall–Kier alpha value is -2.62. The molecule has 2 aliphatic rings. The molecule has 176 valence electrons. The molecule has 0 atom stereocenters. The summed E-state index contributed by atoms with van der Waals surface area (Å²) in [5.74, 6) is -2.22. The molecule has 1 N–H and O–H groups in total. The lowest BCUT2D eigenvalue weighted by Crippen LogP contribution is -2.44. The molecule has 0 unspecified atom stereocenters. The number of rotatable bonds is 7. The van der Waals surface area contributed by atoms with E-state index in [0.29, 0.717) is 30.6 Å². The first-order valence-corrected chi connectivity index (χ1v) is 10.4. The van der Waals surface area contributed by atoms with E-state index in [1.54, 1.807) is 26.2 Å². The van der Waals surface area contributed by atoms with Gasteiger partial charge in [0, 0.05) is 13.2 Å². The molecule has 32 heavy (non-hydrogen) atoms. The number of carbonyl (C=O) groups is 2. The first-order valence-electron chi connectivity index (χ1n) is 10.4. The standard InChI is InChI=1S/C22H26F4N2O4/c1-3-32-18-17(12-28(20(18)30)13-22(24,25)26)19(29)27-16-8-10-21(31-2,11-9-16)14-4-6-15(23)7-5-14/h4-7,16H,3,8-13H2,1-2H3,(H,27,29)/t16-,21+. The predicted molar refractivity (Wildman–Crippen MR) is 107 cm³/mol. The maximum Gasteiger partial charge on any atom is 0.406 e. The molecule has 1 aromatic rings. The van der Waals surface area contributed by atoms with Gasteiger partial charge in [-0.3, -0.25) is 9.59 Å². The van der Waals surface area contributed by atoms with Crippen LogP contribution in [-0.2, 0) is 24.7 Å². The molecule has 0 bridgehead atoms. The van der Waals surface area contributed by atoms with Crippen molar-refractivity contribution in [3.63, 3.8) is 0 Å². The van der Waals surface area contributed by atoms with Crippen LogP contribution in [0.1, 0.15) is 38.2 Å². The van der Waals surface area contributed by atoms with Crippen molar-refractivity contribution in [1.29, 1.82) is 0 Å². The number of nitrogens with zero attached hydrogens (tertiary/aromatic N) is 1. The van der Waals surface area contributed by atoms with E-state index in [9.17, 15) is 27.2 Å². The van der Waals surface area contributed by atoms with Crippen molar-refractivity contribution in [2.45, 2.75) is 50.4 Å². The van der Waals surface area contributed by atoms with Crippen molar-refractivity contribution in [3.8, 4) is 0 Å². The van der Waals surface area contributed by atoms with Crippen LogP contribution in [0.15, 0.2) is 35.6 Å². The third-order valence-corrected chi connectivity index (χ3v) is 5.93. The minimum atomic E-state index is -4.58. The van der Waals surface area contributed by atoms with Gasteiger partial charge in [-0.05, 0) is 50.3 Å². The first-order chi connectivity index (χ1) is 15.1. The number of nitrogens with one attached hydrogen (secondary N) is 1. The van der Waals surface area contributed by atoms with Crippen molar-refractivity contribution in [2.75, 3.05) is 26.8 Å². The van der Waals surface area contributed by atoms with Gasteiger partial charge >= 0.3 is 6.18 Å². The largest absolute Gasteiger partial charge is 0.488 e. The minimum absolute atomic E-state index is 0.0508. The zero-order chi connectivity index (χ0) is 23.5. The molecule has 2 amide bonds. The molecule has 1 heterocycles. The third-order valence-electron chi connectivity index (χ3n) is 5.93. The van der Waals surface area contributed by atoms with E-state index in [2.05, 4.69) is 5.32 Å². The van der Waals surface area contributed by atoms with Gasteiger partial charge in [-0.2, -0.15) is 13.2 Å². The third kappa shape index (κ3) is 5.23. The van der Waals surface area contributed by atoms with E-state index in [4.69, 9.17) is 9.47 Å². The Labute approximate surface area is 183 Å². The summed E-state index contributed by atoms with van der Waals surface area (Å²) in [5.41, 5.74) is 0.150. The molecule has 1 fully saturated rings. The fourth-order valence-electron chi connectivity index (χ4n) is 4.28. The summed E-state index contributed by atoms with van der Waals surface area (Å²) in [6.45, 7) is -0.265. The zero-order valence-corrected chi connectivity index (χ0v) is 17.9. The molecule has 0 aromatic heterocycles. The van der Waals surface area contributed by atoms with Gasteiger partial charge in [0.15, 0.2) is 5.76 Å². The molecule has 6 nitrogen and oxygen atoms in total. The van der Waals surface area contributed by atoms with Crippen LogP contribution in [0.4, 0.5) is 17.6 Å². The fourth-order valence-corrected chi connectivity index (χ4v) is 4.28. The Bertz CT molecular complexity index is 875. The predicted octanol–water partition coefficient (Wildman–Crippen LogP) is 3.42. The van der Waals surface area contributed by atoms with Crippen molar-refractivity contribution in [1.82, 2.24) is 10.2 Å². The topological polar surface area (TPSA) is 67.9 Å². The number of halogens is 4. The fraction of sp³-hybridized carbons (Fsp3) is 0.545. The molecule has 0 spiro atoms. The second kappa shape index (κ2) is 9.48. The lowest BCUT2D eigenvalue weighted by atomic mass is 9.77. The van der Waals surface area contributed by atoms with E-state index < -0.39 is 36.7 Å². The minimum Gasteiger partial charge on any atom is -0.488 e. The van der Waals surface area contributed by atoms with Crippen LogP contribution in [0, 0.1) is 5.82 Å². The summed E-state index contributed by atoms with van der Waals surface area (Å²) in [5, 5.41) is 2.82.